The summed E-state index contributed by atoms with van der Waals surface area (Å²) in [6, 6.07) is 0.339. The Balaban J connectivity index is 1.70. The van der Waals surface area contributed by atoms with E-state index in [4.69, 9.17) is 19.6 Å². The van der Waals surface area contributed by atoms with Gasteiger partial charge in [-0.3, -0.25) is 4.68 Å². The summed E-state index contributed by atoms with van der Waals surface area (Å²) in [6.07, 6.45) is 4.71. The molecule has 2 bridgehead atoms. The van der Waals surface area contributed by atoms with Gasteiger partial charge in [0.2, 0.25) is 5.95 Å². The van der Waals surface area contributed by atoms with E-state index in [9.17, 15) is 0 Å². The lowest BCUT2D eigenvalue weighted by Gasteiger charge is -2.23. The van der Waals surface area contributed by atoms with Gasteiger partial charge in [-0.2, -0.15) is 4.98 Å². The Hall–Kier alpha value is -2.35. The molecule has 1 saturated heterocycles. The number of rotatable bonds is 2. The summed E-state index contributed by atoms with van der Waals surface area (Å²) in [5.41, 5.74) is 3.02. The van der Waals surface area contributed by atoms with E-state index in [-0.39, 0.29) is 0 Å². The van der Waals surface area contributed by atoms with E-state index in [2.05, 4.69) is 41.1 Å². The van der Waals surface area contributed by atoms with Crippen LogP contribution in [0.25, 0.3) is 0 Å². The van der Waals surface area contributed by atoms with Crippen molar-refractivity contribution < 1.29 is 9.47 Å². The third kappa shape index (κ3) is 3.71. The monoisotopic (exact) mass is 372 g/mol. The minimum Gasteiger partial charge on any atom is -0.475 e. The van der Waals surface area contributed by atoms with Gasteiger partial charge in [0.05, 0.1) is 18.3 Å². The van der Waals surface area contributed by atoms with Crippen molar-refractivity contribution in [2.24, 2.45) is 0 Å². The van der Waals surface area contributed by atoms with E-state index in [0.717, 1.165) is 61.8 Å². The van der Waals surface area contributed by atoms with Crippen LogP contribution in [-0.4, -0.2) is 46.1 Å². The van der Waals surface area contributed by atoms with Crippen molar-refractivity contribution in [2.75, 3.05) is 37.0 Å². The molecule has 2 N–H and O–H groups in total. The van der Waals surface area contributed by atoms with Crippen LogP contribution < -0.4 is 15.4 Å². The van der Waals surface area contributed by atoms with Crippen LogP contribution in [-0.2, 0) is 4.74 Å². The Kier molecular flexibility index (Phi) is 5.15. The molecule has 4 heterocycles. The molecular formula is C19H28N6O2. The lowest BCUT2D eigenvalue weighted by molar-refractivity contribution is 0.0652. The highest BCUT2D eigenvalue weighted by Crippen LogP contribution is 2.35. The van der Waals surface area contributed by atoms with Crippen LogP contribution in [0.15, 0.2) is 6.20 Å². The van der Waals surface area contributed by atoms with Gasteiger partial charge >= 0.3 is 0 Å². The lowest BCUT2D eigenvalue weighted by atomic mass is 10.1. The molecule has 146 valence electrons. The number of hydrogen-bond acceptors (Lipinski definition) is 7. The molecule has 27 heavy (non-hydrogen) atoms. The van der Waals surface area contributed by atoms with Gasteiger partial charge in [-0.05, 0) is 32.1 Å². The maximum atomic E-state index is 6.01. The van der Waals surface area contributed by atoms with Gasteiger partial charge in [0.15, 0.2) is 0 Å². The second-order valence-electron chi connectivity index (χ2n) is 7.46. The number of hydrogen-bond donors (Lipinski definition) is 2. The van der Waals surface area contributed by atoms with Crippen LogP contribution in [0.4, 0.5) is 17.5 Å². The van der Waals surface area contributed by atoms with Gasteiger partial charge < -0.3 is 20.1 Å². The molecule has 1 fully saturated rings. The van der Waals surface area contributed by atoms with E-state index in [1.807, 2.05) is 6.20 Å². The molecule has 0 amide bonds. The fourth-order valence-electron chi connectivity index (χ4n) is 3.60. The maximum absolute atomic E-state index is 6.01. The largest absolute Gasteiger partial charge is 0.475 e. The first-order chi connectivity index (χ1) is 13.1. The molecule has 2 aromatic heterocycles. The van der Waals surface area contributed by atoms with Crippen molar-refractivity contribution in [1.82, 2.24) is 19.7 Å². The molecule has 0 aliphatic carbocycles. The summed E-state index contributed by atoms with van der Waals surface area (Å²) in [5, 5.41) is 11.5. The number of nitrogens with zero attached hydrogens (tertiary/aromatic N) is 4. The normalized spacial score (nSPS) is 18.1. The zero-order valence-corrected chi connectivity index (χ0v) is 16.3. The Morgan fingerprint density at radius 3 is 2.81 bits per heavy atom. The number of nitrogens with one attached hydrogen (secondary N) is 2. The summed E-state index contributed by atoms with van der Waals surface area (Å²) in [6.45, 7) is 9.32. The van der Waals surface area contributed by atoms with Crippen molar-refractivity contribution in [3.8, 4) is 5.88 Å². The molecule has 4 rings (SSSR count). The topological polar surface area (TPSA) is 86.1 Å². The fraction of sp³-hybridized carbons (Fsp3) is 0.632. The number of ether oxygens (including phenoxy) is 2. The van der Waals surface area contributed by atoms with Crippen LogP contribution >= 0.6 is 0 Å². The summed E-state index contributed by atoms with van der Waals surface area (Å²) >= 11 is 0. The van der Waals surface area contributed by atoms with E-state index in [0.29, 0.717) is 30.4 Å². The summed E-state index contributed by atoms with van der Waals surface area (Å²) in [7, 11) is 0. The van der Waals surface area contributed by atoms with Gasteiger partial charge in [0, 0.05) is 31.5 Å². The molecule has 0 radical (unpaired) electrons. The molecule has 0 aromatic carbocycles. The predicted octanol–water partition coefficient (Wildman–Crippen LogP) is 3.39. The summed E-state index contributed by atoms with van der Waals surface area (Å²) in [5.74, 6) is 2.43. The van der Waals surface area contributed by atoms with Gasteiger partial charge in [-0.15, -0.1) is 5.10 Å². The molecule has 0 spiro atoms. The highest BCUT2D eigenvalue weighted by molar-refractivity contribution is 5.64. The third-order valence-electron chi connectivity index (χ3n) is 5.18. The Labute approximate surface area is 159 Å². The quantitative estimate of drug-likeness (QED) is 0.835. The molecular weight excluding hydrogens is 344 g/mol. The maximum Gasteiger partial charge on any atom is 0.257 e. The second kappa shape index (κ2) is 7.72. The molecule has 0 saturated carbocycles. The number of aromatic nitrogens is 4. The van der Waals surface area contributed by atoms with Crippen LogP contribution in [0.2, 0.25) is 0 Å². The highest BCUT2D eigenvalue weighted by atomic mass is 16.5. The van der Waals surface area contributed by atoms with Crippen molar-refractivity contribution in [1.29, 1.82) is 0 Å². The van der Waals surface area contributed by atoms with Crippen LogP contribution in [0.3, 0.4) is 0 Å². The third-order valence-corrected chi connectivity index (χ3v) is 5.18. The Morgan fingerprint density at radius 1 is 1.22 bits per heavy atom. The first kappa shape index (κ1) is 18.0. The van der Waals surface area contributed by atoms with E-state index < -0.39 is 0 Å². The highest BCUT2D eigenvalue weighted by Gasteiger charge is 2.25. The Bertz CT molecular complexity index is 798. The molecule has 8 nitrogen and oxygen atoms in total. The van der Waals surface area contributed by atoms with E-state index >= 15 is 0 Å². The minimum atomic E-state index is 0.339. The summed E-state index contributed by atoms with van der Waals surface area (Å²) < 4.78 is 13.6. The molecule has 0 unspecified atom stereocenters. The van der Waals surface area contributed by atoms with Crippen molar-refractivity contribution in [3.05, 3.63) is 17.5 Å². The SMILES string of the molecule is Cc1c2c(nn1C1CCOCC1)OCCCNc1nc(ncc1C(C)C)N2. The van der Waals surface area contributed by atoms with Crippen LogP contribution in [0.5, 0.6) is 5.88 Å². The van der Waals surface area contributed by atoms with Crippen LogP contribution in [0, 0.1) is 6.92 Å². The molecule has 2 aromatic rings. The molecule has 2 aliphatic rings. The second-order valence-corrected chi connectivity index (χ2v) is 7.46. The molecule has 2 aliphatic heterocycles. The predicted molar refractivity (Wildman–Crippen MR) is 104 cm³/mol. The standard InChI is InChI=1S/C19H28N6O2/c1-12(2)15-11-21-19-22-16-13(3)25(14-5-9-26-10-6-14)24-18(16)27-8-4-7-20-17(15)23-19/h11-12,14H,4-10H2,1-3H3,(H2,20,21,22,23). The van der Waals surface area contributed by atoms with E-state index in [1.54, 1.807) is 0 Å². The van der Waals surface area contributed by atoms with Crippen molar-refractivity contribution in [2.45, 2.75) is 52.0 Å². The zero-order chi connectivity index (χ0) is 18.8. The first-order valence-electron chi connectivity index (χ1n) is 9.81. The van der Waals surface area contributed by atoms with E-state index in [1.165, 1.54) is 0 Å². The lowest BCUT2D eigenvalue weighted by Crippen LogP contribution is -2.21. The molecule has 0 atom stereocenters. The van der Waals surface area contributed by atoms with Crippen LogP contribution in [0.1, 0.15) is 56.3 Å². The van der Waals surface area contributed by atoms with Gasteiger partial charge in [-0.25, -0.2) is 4.98 Å². The number of anilines is 3. The smallest absolute Gasteiger partial charge is 0.257 e. The average molecular weight is 372 g/mol. The Morgan fingerprint density at radius 2 is 2.04 bits per heavy atom. The number of fused-ring (bicyclic) bond motifs is 3. The average Bonchev–Trinajstić information content (AvgIpc) is 2.96. The van der Waals surface area contributed by atoms with Crippen molar-refractivity contribution >= 4 is 17.5 Å². The summed E-state index contributed by atoms with van der Waals surface area (Å²) in [4.78, 5) is 9.23. The van der Waals surface area contributed by atoms with Gasteiger partial charge in [-0.1, -0.05) is 13.8 Å². The molecule has 8 heteroatoms. The van der Waals surface area contributed by atoms with Gasteiger partial charge in [0.1, 0.15) is 11.5 Å². The van der Waals surface area contributed by atoms with Gasteiger partial charge in [0.25, 0.3) is 5.88 Å². The minimum absolute atomic E-state index is 0.339. The van der Waals surface area contributed by atoms with Crippen molar-refractivity contribution in [3.63, 3.8) is 0 Å². The first-order valence-corrected chi connectivity index (χ1v) is 9.81. The fourth-order valence-corrected chi connectivity index (χ4v) is 3.60. The zero-order valence-electron chi connectivity index (χ0n) is 16.3.